The SMILES string of the molecule is Cc1c(N)cc(CN2CCN(C(=O)OC(C)(C)C)CC2)c(C)c1B(O)O. The number of nitrogens with zero attached hydrogens (tertiary/aromatic N) is 2. The number of rotatable bonds is 3. The van der Waals surface area contributed by atoms with E-state index in [1.807, 2.05) is 33.8 Å². The van der Waals surface area contributed by atoms with E-state index in [-0.39, 0.29) is 6.09 Å². The molecule has 1 fully saturated rings. The summed E-state index contributed by atoms with van der Waals surface area (Å²) < 4.78 is 5.42. The van der Waals surface area contributed by atoms with Gasteiger partial charge in [-0.1, -0.05) is 0 Å². The van der Waals surface area contributed by atoms with Crippen molar-refractivity contribution in [3.05, 3.63) is 22.8 Å². The van der Waals surface area contributed by atoms with E-state index in [4.69, 9.17) is 10.5 Å². The van der Waals surface area contributed by atoms with E-state index < -0.39 is 12.7 Å². The van der Waals surface area contributed by atoms with Crippen LogP contribution in [-0.4, -0.2) is 64.8 Å². The minimum Gasteiger partial charge on any atom is -0.444 e. The molecule has 4 N–H and O–H groups in total. The number of nitrogen functional groups attached to an aromatic ring is 1. The van der Waals surface area contributed by atoms with E-state index in [2.05, 4.69) is 4.90 Å². The number of piperazine rings is 1. The number of nitrogens with two attached hydrogens (primary N) is 1. The lowest BCUT2D eigenvalue weighted by molar-refractivity contribution is 0.0139. The van der Waals surface area contributed by atoms with Gasteiger partial charge < -0.3 is 25.4 Å². The first-order chi connectivity index (χ1) is 12.0. The molecule has 1 saturated heterocycles. The highest BCUT2D eigenvalue weighted by Gasteiger charge is 2.27. The molecule has 0 atom stereocenters. The van der Waals surface area contributed by atoms with Crippen molar-refractivity contribution >= 4 is 24.4 Å². The third kappa shape index (κ3) is 4.90. The van der Waals surface area contributed by atoms with Gasteiger partial charge in [0.05, 0.1) is 0 Å². The smallest absolute Gasteiger partial charge is 0.444 e. The third-order valence-electron chi connectivity index (χ3n) is 4.73. The Hall–Kier alpha value is -1.77. The molecule has 0 unspecified atom stereocenters. The first-order valence-electron chi connectivity index (χ1n) is 8.94. The molecule has 8 heteroatoms. The van der Waals surface area contributed by atoms with Gasteiger partial charge in [-0.2, -0.15) is 0 Å². The number of anilines is 1. The summed E-state index contributed by atoms with van der Waals surface area (Å²) in [4.78, 5) is 16.1. The van der Waals surface area contributed by atoms with Crippen LogP contribution in [0.15, 0.2) is 6.07 Å². The van der Waals surface area contributed by atoms with Crippen LogP contribution in [0, 0.1) is 13.8 Å². The van der Waals surface area contributed by atoms with Gasteiger partial charge in [-0.15, -0.1) is 0 Å². The average molecular weight is 363 g/mol. The Labute approximate surface area is 155 Å². The Kier molecular flexibility index (Phi) is 6.21. The molecule has 26 heavy (non-hydrogen) atoms. The first kappa shape index (κ1) is 20.5. The molecule has 2 rings (SSSR count). The zero-order valence-corrected chi connectivity index (χ0v) is 16.4. The summed E-state index contributed by atoms with van der Waals surface area (Å²) >= 11 is 0. The van der Waals surface area contributed by atoms with Crippen LogP contribution in [0.1, 0.15) is 37.5 Å². The Morgan fingerprint density at radius 1 is 1.19 bits per heavy atom. The molecule has 1 aliphatic heterocycles. The monoisotopic (exact) mass is 363 g/mol. The van der Waals surface area contributed by atoms with Gasteiger partial charge in [0.2, 0.25) is 0 Å². The van der Waals surface area contributed by atoms with Gasteiger partial charge in [0, 0.05) is 38.4 Å². The molecule has 1 heterocycles. The van der Waals surface area contributed by atoms with E-state index in [9.17, 15) is 14.8 Å². The lowest BCUT2D eigenvalue weighted by atomic mass is 9.72. The number of hydrogen-bond acceptors (Lipinski definition) is 6. The molecule has 1 aromatic rings. The molecule has 0 spiro atoms. The minimum absolute atomic E-state index is 0.279. The quantitative estimate of drug-likeness (QED) is 0.538. The normalized spacial score (nSPS) is 15.9. The molecule has 144 valence electrons. The maximum absolute atomic E-state index is 12.1. The summed E-state index contributed by atoms with van der Waals surface area (Å²) in [6.45, 7) is 12.6. The number of carbonyl (C=O) groups is 1. The van der Waals surface area contributed by atoms with Crippen molar-refractivity contribution in [2.24, 2.45) is 0 Å². The van der Waals surface area contributed by atoms with Crippen molar-refractivity contribution in [3.8, 4) is 0 Å². The standard InChI is InChI=1S/C18H30BN3O4/c1-12-14(10-15(20)13(2)16(12)19(24)25)11-21-6-8-22(9-7-21)17(23)26-18(3,4)5/h10,24-25H,6-9,11,20H2,1-5H3. The van der Waals surface area contributed by atoms with Crippen molar-refractivity contribution in [3.63, 3.8) is 0 Å². The third-order valence-corrected chi connectivity index (χ3v) is 4.73. The first-order valence-corrected chi connectivity index (χ1v) is 8.94. The van der Waals surface area contributed by atoms with Gasteiger partial charge in [-0.25, -0.2) is 4.79 Å². The summed E-state index contributed by atoms with van der Waals surface area (Å²) in [5.74, 6) is 0. The number of hydrogen-bond donors (Lipinski definition) is 3. The zero-order valence-electron chi connectivity index (χ0n) is 16.4. The summed E-state index contributed by atoms with van der Waals surface area (Å²) in [5, 5.41) is 19.3. The van der Waals surface area contributed by atoms with E-state index in [1.165, 1.54) is 0 Å². The van der Waals surface area contributed by atoms with Gasteiger partial charge >= 0.3 is 13.2 Å². The second-order valence-electron chi connectivity index (χ2n) is 7.91. The minimum atomic E-state index is -1.54. The summed E-state index contributed by atoms with van der Waals surface area (Å²) in [6, 6.07) is 1.90. The van der Waals surface area contributed by atoms with Crippen LogP contribution < -0.4 is 11.2 Å². The largest absolute Gasteiger partial charge is 0.489 e. The van der Waals surface area contributed by atoms with Crippen LogP contribution in [0.4, 0.5) is 10.5 Å². The van der Waals surface area contributed by atoms with E-state index in [0.717, 1.165) is 24.2 Å². The van der Waals surface area contributed by atoms with E-state index in [1.54, 1.807) is 11.8 Å². The Bertz CT molecular complexity index is 665. The van der Waals surface area contributed by atoms with Crippen LogP contribution in [0.2, 0.25) is 0 Å². The molecule has 1 aromatic carbocycles. The summed E-state index contributed by atoms with van der Waals surface area (Å²) in [5.41, 5.74) is 9.11. The number of carbonyl (C=O) groups excluding carboxylic acids is 1. The van der Waals surface area contributed by atoms with Gasteiger partial charge in [0.1, 0.15) is 5.60 Å². The lowest BCUT2D eigenvalue weighted by Crippen LogP contribution is -2.49. The fraction of sp³-hybridized carbons (Fsp3) is 0.611. The molecule has 0 radical (unpaired) electrons. The average Bonchev–Trinajstić information content (AvgIpc) is 2.51. The fourth-order valence-electron chi connectivity index (χ4n) is 3.22. The van der Waals surface area contributed by atoms with Crippen molar-refractivity contribution in [2.45, 2.75) is 46.8 Å². The van der Waals surface area contributed by atoms with Crippen molar-refractivity contribution in [1.82, 2.24) is 9.80 Å². The van der Waals surface area contributed by atoms with Gasteiger partial charge in [-0.3, -0.25) is 4.90 Å². The zero-order chi connectivity index (χ0) is 19.6. The maximum Gasteiger partial charge on any atom is 0.489 e. The van der Waals surface area contributed by atoms with Crippen LogP contribution >= 0.6 is 0 Å². The second-order valence-corrected chi connectivity index (χ2v) is 7.91. The van der Waals surface area contributed by atoms with E-state index >= 15 is 0 Å². The molecule has 0 bridgehead atoms. The maximum atomic E-state index is 12.1. The number of ether oxygens (including phenoxy) is 1. The highest BCUT2D eigenvalue weighted by atomic mass is 16.6. The summed E-state index contributed by atoms with van der Waals surface area (Å²) in [7, 11) is -1.54. The van der Waals surface area contributed by atoms with E-state index in [0.29, 0.717) is 36.3 Å². The highest BCUT2D eigenvalue weighted by Crippen LogP contribution is 2.19. The predicted molar refractivity (Wildman–Crippen MR) is 103 cm³/mol. The molecule has 0 aromatic heterocycles. The molecule has 7 nitrogen and oxygen atoms in total. The Morgan fingerprint density at radius 3 is 2.27 bits per heavy atom. The van der Waals surface area contributed by atoms with Crippen LogP contribution in [0.3, 0.4) is 0 Å². The number of amides is 1. The molecule has 0 saturated carbocycles. The summed E-state index contributed by atoms with van der Waals surface area (Å²) in [6.07, 6.45) is -0.279. The van der Waals surface area contributed by atoms with Gasteiger partial charge in [-0.05, 0) is 62.8 Å². The molecule has 1 aliphatic rings. The van der Waals surface area contributed by atoms with Crippen molar-refractivity contribution < 1.29 is 19.6 Å². The molecular weight excluding hydrogens is 333 g/mol. The number of benzene rings is 1. The fourth-order valence-corrected chi connectivity index (χ4v) is 3.22. The molecule has 0 aliphatic carbocycles. The van der Waals surface area contributed by atoms with Crippen LogP contribution in [0.25, 0.3) is 0 Å². The predicted octanol–water partition coefficient (Wildman–Crippen LogP) is 0.618. The Morgan fingerprint density at radius 2 is 1.77 bits per heavy atom. The topological polar surface area (TPSA) is 99.3 Å². The highest BCUT2D eigenvalue weighted by molar-refractivity contribution is 6.60. The Balaban J connectivity index is 2.03. The molecular formula is C18H30BN3O4. The van der Waals surface area contributed by atoms with Gasteiger partial charge in [0.25, 0.3) is 0 Å². The van der Waals surface area contributed by atoms with Crippen molar-refractivity contribution in [2.75, 3.05) is 31.9 Å². The van der Waals surface area contributed by atoms with Crippen LogP contribution in [0.5, 0.6) is 0 Å². The van der Waals surface area contributed by atoms with Gasteiger partial charge in [0.15, 0.2) is 0 Å². The lowest BCUT2D eigenvalue weighted by Gasteiger charge is -2.36. The van der Waals surface area contributed by atoms with Crippen LogP contribution in [-0.2, 0) is 11.3 Å². The van der Waals surface area contributed by atoms with Crippen molar-refractivity contribution in [1.29, 1.82) is 0 Å². The molecule has 1 amide bonds. The second kappa shape index (κ2) is 7.86.